The van der Waals surface area contributed by atoms with Gasteiger partial charge >= 0.3 is 11.9 Å². The Labute approximate surface area is 228 Å². The predicted octanol–water partition coefficient (Wildman–Crippen LogP) is 1.44. The van der Waals surface area contributed by atoms with Crippen molar-refractivity contribution < 1.29 is 34.2 Å². The van der Waals surface area contributed by atoms with Gasteiger partial charge in [0, 0.05) is 12.5 Å². The summed E-state index contributed by atoms with van der Waals surface area (Å²) >= 11 is 0. The van der Waals surface area contributed by atoms with Crippen LogP contribution in [0, 0.1) is 5.92 Å². The molecular formula is C28H40N4O7. The normalized spacial score (nSPS) is 21.9. The molecule has 3 amide bonds. The van der Waals surface area contributed by atoms with Crippen molar-refractivity contribution >= 4 is 29.7 Å². The number of carboxylic acids is 2. The van der Waals surface area contributed by atoms with Crippen LogP contribution in [-0.2, 0) is 30.4 Å². The third-order valence-electron chi connectivity index (χ3n) is 7.73. The number of unbranched alkanes of at least 4 members (excludes halogenated alkanes) is 1. The monoisotopic (exact) mass is 544 g/mol. The third kappa shape index (κ3) is 8.51. The van der Waals surface area contributed by atoms with Gasteiger partial charge in [-0.25, -0.2) is 9.59 Å². The van der Waals surface area contributed by atoms with Crippen LogP contribution in [0.4, 0.5) is 0 Å². The second kappa shape index (κ2) is 14.6. The molecule has 11 nitrogen and oxygen atoms in total. The zero-order chi connectivity index (χ0) is 28.4. The van der Waals surface area contributed by atoms with Gasteiger partial charge in [0.1, 0.15) is 18.1 Å². The number of carboxylic acid groups (broad SMARTS) is 2. The highest BCUT2D eigenvalue weighted by atomic mass is 16.4. The van der Waals surface area contributed by atoms with Crippen LogP contribution in [0.15, 0.2) is 30.3 Å². The standard InChI is InChI=1S/C28H40N4O7/c29-15-7-6-11-20(30-24(33)16-18-8-2-1-3-9-18)26(35)31-21(27(36)37)13-14-25(34)32-22-12-5-4-10-19(22)17-23(32)28(38)39/h1-3,8-9,19-23H,4-7,10-17,29H2,(H,30,33)(H,31,35)(H,36,37)(H,38,39)/t19-,20-,21+,22-,23-/m0/s1. The lowest BCUT2D eigenvalue weighted by Gasteiger charge is -2.33. The lowest BCUT2D eigenvalue weighted by molar-refractivity contribution is -0.150. The molecule has 1 heterocycles. The Morgan fingerprint density at radius 1 is 0.949 bits per heavy atom. The maximum Gasteiger partial charge on any atom is 0.326 e. The molecule has 2 fully saturated rings. The number of rotatable bonds is 14. The van der Waals surface area contributed by atoms with Crippen molar-refractivity contribution in [1.29, 1.82) is 0 Å². The first-order chi connectivity index (χ1) is 18.7. The van der Waals surface area contributed by atoms with Gasteiger partial charge in [-0.2, -0.15) is 0 Å². The maximum absolute atomic E-state index is 13.1. The van der Waals surface area contributed by atoms with Crippen LogP contribution in [0.3, 0.4) is 0 Å². The minimum absolute atomic E-state index is 0.0705. The van der Waals surface area contributed by atoms with Gasteiger partial charge in [0.2, 0.25) is 17.7 Å². The summed E-state index contributed by atoms with van der Waals surface area (Å²) in [7, 11) is 0. The van der Waals surface area contributed by atoms with Gasteiger partial charge in [-0.3, -0.25) is 14.4 Å². The highest BCUT2D eigenvalue weighted by Crippen LogP contribution is 2.40. The van der Waals surface area contributed by atoms with Crippen LogP contribution in [0.2, 0.25) is 0 Å². The third-order valence-corrected chi connectivity index (χ3v) is 7.73. The van der Waals surface area contributed by atoms with Crippen molar-refractivity contribution in [2.24, 2.45) is 11.7 Å². The van der Waals surface area contributed by atoms with Crippen molar-refractivity contribution in [3.63, 3.8) is 0 Å². The van der Waals surface area contributed by atoms with Crippen molar-refractivity contribution in [1.82, 2.24) is 15.5 Å². The number of aliphatic carboxylic acids is 2. The number of carbonyl (C=O) groups is 5. The molecule has 0 unspecified atom stereocenters. The average Bonchev–Trinajstić information content (AvgIpc) is 3.31. The van der Waals surface area contributed by atoms with E-state index in [0.29, 0.717) is 25.8 Å². The van der Waals surface area contributed by atoms with Crippen LogP contribution in [0.5, 0.6) is 0 Å². The number of hydrogen-bond acceptors (Lipinski definition) is 6. The van der Waals surface area contributed by atoms with E-state index < -0.39 is 41.9 Å². The number of nitrogens with zero attached hydrogens (tertiary/aromatic N) is 1. The summed E-state index contributed by atoms with van der Waals surface area (Å²) in [5.41, 5.74) is 6.34. The zero-order valence-electron chi connectivity index (χ0n) is 22.2. The van der Waals surface area contributed by atoms with Gasteiger partial charge in [0.15, 0.2) is 0 Å². The molecule has 1 saturated heterocycles. The Balaban J connectivity index is 1.62. The van der Waals surface area contributed by atoms with E-state index in [2.05, 4.69) is 10.6 Å². The molecule has 0 spiro atoms. The van der Waals surface area contributed by atoms with Gasteiger partial charge in [0.25, 0.3) is 0 Å². The molecule has 6 N–H and O–H groups in total. The molecule has 0 radical (unpaired) electrons. The highest BCUT2D eigenvalue weighted by Gasteiger charge is 2.47. The van der Waals surface area contributed by atoms with Crippen molar-refractivity contribution in [2.75, 3.05) is 6.54 Å². The van der Waals surface area contributed by atoms with Crippen LogP contribution >= 0.6 is 0 Å². The average molecular weight is 545 g/mol. The van der Waals surface area contributed by atoms with Crippen LogP contribution in [-0.4, -0.2) is 75.5 Å². The second-order valence-corrected chi connectivity index (χ2v) is 10.5. The molecule has 1 aliphatic heterocycles. The molecule has 39 heavy (non-hydrogen) atoms. The van der Waals surface area contributed by atoms with E-state index in [4.69, 9.17) is 5.73 Å². The van der Waals surface area contributed by atoms with Gasteiger partial charge in [-0.1, -0.05) is 43.2 Å². The fraction of sp³-hybridized carbons (Fsp3) is 0.607. The lowest BCUT2D eigenvalue weighted by Crippen LogP contribution is -2.52. The van der Waals surface area contributed by atoms with E-state index in [1.165, 1.54) is 4.90 Å². The minimum Gasteiger partial charge on any atom is -0.480 e. The number of hydrogen-bond donors (Lipinski definition) is 5. The zero-order valence-corrected chi connectivity index (χ0v) is 22.2. The number of nitrogens with two attached hydrogens (primary N) is 1. The number of carbonyl (C=O) groups excluding carboxylic acids is 3. The second-order valence-electron chi connectivity index (χ2n) is 10.5. The molecular weight excluding hydrogens is 504 g/mol. The number of fused-ring (bicyclic) bond motifs is 1. The van der Waals surface area contributed by atoms with Gasteiger partial charge in [-0.05, 0) is 63.0 Å². The molecule has 2 aliphatic rings. The molecule has 1 saturated carbocycles. The quantitative estimate of drug-likeness (QED) is 0.218. The molecule has 3 rings (SSSR count). The van der Waals surface area contributed by atoms with E-state index in [-0.39, 0.29) is 43.6 Å². The fourth-order valence-corrected chi connectivity index (χ4v) is 5.75. The molecule has 1 aliphatic carbocycles. The first kappa shape index (κ1) is 30.1. The van der Waals surface area contributed by atoms with E-state index in [0.717, 1.165) is 31.2 Å². The summed E-state index contributed by atoms with van der Waals surface area (Å²) in [5, 5.41) is 24.6. The van der Waals surface area contributed by atoms with Crippen LogP contribution in [0.1, 0.15) is 69.8 Å². The summed E-state index contributed by atoms with van der Waals surface area (Å²) in [6, 6.07) is 5.68. The van der Waals surface area contributed by atoms with Gasteiger partial charge in [-0.15, -0.1) is 0 Å². The van der Waals surface area contributed by atoms with E-state index in [1.54, 1.807) is 12.1 Å². The Morgan fingerprint density at radius 2 is 1.67 bits per heavy atom. The highest BCUT2D eigenvalue weighted by molar-refractivity contribution is 5.91. The Bertz CT molecular complexity index is 1020. The number of amides is 3. The lowest BCUT2D eigenvalue weighted by atomic mass is 9.84. The Hall–Kier alpha value is -3.47. The van der Waals surface area contributed by atoms with E-state index in [1.807, 2.05) is 18.2 Å². The summed E-state index contributed by atoms with van der Waals surface area (Å²) in [5.74, 6) is -3.63. The number of likely N-dealkylation sites (tertiary alicyclic amines) is 1. The summed E-state index contributed by atoms with van der Waals surface area (Å²) in [6.45, 7) is 0.419. The smallest absolute Gasteiger partial charge is 0.326 e. The molecule has 1 aromatic rings. The Morgan fingerprint density at radius 3 is 2.33 bits per heavy atom. The molecule has 1 aromatic carbocycles. The van der Waals surface area contributed by atoms with Crippen LogP contribution < -0.4 is 16.4 Å². The molecule has 11 heteroatoms. The van der Waals surface area contributed by atoms with Gasteiger partial charge < -0.3 is 31.5 Å². The van der Waals surface area contributed by atoms with E-state index >= 15 is 0 Å². The topological polar surface area (TPSA) is 179 Å². The number of nitrogens with one attached hydrogen (secondary N) is 2. The predicted molar refractivity (Wildman–Crippen MR) is 142 cm³/mol. The first-order valence-electron chi connectivity index (χ1n) is 13.8. The molecule has 214 valence electrons. The van der Waals surface area contributed by atoms with Gasteiger partial charge in [0.05, 0.1) is 6.42 Å². The molecule has 0 aromatic heterocycles. The fourth-order valence-electron chi connectivity index (χ4n) is 5.75. The minimum atomic E-state index is -1.36. The van der Waals surface area contributed by atoms with Crippen molar-refractivity contribution in [3.8, 4) is 0 Å². The van der Waals surface area contributed by atoms with Crippen LogP contribution in [0.25, 0.3) is 0 Å². The molecule has 5 atom stereocenters. The maximum atomic E-state index is 13.1. The SMILES string of the molecule is NCCCC[C@H](NC(=O)Cc1ccccc1)C(=O)N[C@H](CCC(=O)N1[C@H](C(=O)O)C[C@@H]2CCCC[C@@H]21)C(=O)O. The van der Waals surface area contributed by atoms with Crippen molar-refractivity contribution in [2.45, 2.75) is 94.8 Å². The largest absolute Gasteiger partial charge is 0.480 e. The summed E-state index contributed by atoms with van der Waals surface area (Å²) in [6.07, 6.45) is 5.13. The van der Waals surface area contributed by atoms with Crippen molar-refractivity contribution in [3.05, 3.63) is 35.9 Å². The number of benzene rings is 1. The summed E-state index contributed by atoms with van der Waals surface area (Å²) in [4.78, 5) is 64.1. The molecule has 0 bridgehead atoms. The van der Waals surface area contributed by atoms with E-state index in [9.17, 15) is 34.2 Å². The first-order valence-corrected chi connectivity index (χ1v) is 13.8. The summed E-state index contributed by atoms with van der Waals surface area (Å²) < 4.78 is 0. The Kier molecular flexibility index (Phi) is 11.3.